The number of aromatic nitrogens is 4. The first-order chi connectivity index (χ1) is 9.24. The number of benzene rings is 1. The summed E-state index contributed by atoms with van der Waals surface area (Å²) >= 11 is 11.9. The van der Waals surface area contributed by atoms with Crippen LogP contribution >= 0.6 is 23.2 Å². The van der Waals surface area contributed by atoms with Gasteiger partial charge in [-0.2, -0.15) is 9.90 Å². The molecule has 0 spiro atoms. The highest BCUT2D eigenvalue weighted by Gasteiger charge is 2.07. The zero-order chi connectivity index (χ0) is 13.2. The third-order valence-corrected chi connectivity index (χ3v) is 3.32. The van der Waals surface area contributed by atoms with Gasteiger partial charge in [0, 0.05) is 18.0 Å². The highest BCUT2D eigenvalue weighted by molar-refractivity contribution is 6.42. The average Bonchev–Trinajstić information content (AvgIpc) is 2.93. The second-order valence-corrected chi connectivity index (χ2v) is 4.67. The molecular weight excluding hydrogens is 283 g/mol. The van der Waals surface area contributed by atoms with Crippen molar-refractivity contribution in [3.63, 3.8) is 0 Å². The number of nitrogens with zero attached hydrogens (tertiary/aromatic N) is 4. The van der Waals surface area contributed by atoms with Gasteiger partial charge in [0.25, 0.3) is 0 Å². The van der Waals surface area contributed by atoms with Crippen molar-refractivity contribution < 1.29 is 0 Å². The second kappa shape index (κ2) is 4.99. The lowest BCUT2D eigenvalue weighted by atomic mass is 10.2. The number of pyridine rings is 1. The van der Waals surface area contributed by atoms with Crippen molar-refractivity contribution >= 4 is 23.2 Å². The van der Waals surface area contributed by atoms with Gasteiger partial charge in [0.15, 0.2) is 0 Å². The van der Waals surface area contributed by atoms with E-state index in [9.17, 15) is 0 Å². The van der Waals surface area contributed by atoms with Crippen LogP contribution in [0.15, 0.2) is 48.9 Å². The minimum absolute atomic E-state index is 0.472. The molecule has 3 rings (SSSR count). The van der Waals surface area contributed by atoms with E-state index in [1.54, 1.807) is 36.8 Å². The van der Waals surface area contributed by atoms with Crippen molar-refractivity contribution in [3.05, 3.63) is 59.0 Å². The lowest BCUT2D eigenvalue weighted by molar-refractivity contribution is 0.754. The molecule has 4 nitrogen and oxygen atoms in total. The maximum Gasteiger partial charge on any atom is 0.115 e. The van der Waals surface area contributed by atoms with E-state index >= 15 is 0 Å². The first-order valence-corrected chi connectivity index (χ1v) is 6.28. The lowest BCUT2D eigenvalue weighted by Crippen LogP contribution is -1.98. The van der Waals surface area contributed by atoms with E-state index in [1.165, 1.54) is 4.80 Å². The predicted octanol–water partition coefficient (Wildman–Crippen LogP) is 3.64. The third kappa shape index (κ3) is 2.45. The molecule has 0 aliphatic heterocycles. The summed E-state index contributed by atoms with van der Waals surface area (Å²) in [4.78, 5) is 5.56. The molecule has 0 N–H and O–H groups in total. The molecule has 2 heterocycles. The molecule has 0 saturated carbocycles. The molecule has 0 amide bonds. The van der Waals surface area contributed by atoms with E-state index in [1.807, 2.05) is 12.1 Å². The molecule has 0 fully saturated rings. The van der Waals surface area contributed by atoms with Crippen molar-refractivity contribution in [1.82, 2.24) is 20.0 Å². The summed E-state index contributed by atoms with van der Waals surface area (Å²) in [6.45, 7) is 0. The Balaban J connectivity index is 1.99. The molecule has 6 heteroatoms. The van der Waals surface area contributed by atoms with Gasteiger partial charge in [0.05, 0.1) is 21.9 Å². The van der Waals surface area contributed by atoms with Crippen LogP contribution in [0.4, 0.5) is 0 Å². The molecule has 0 radical (unpaired) electrons. The summed E-state index contributed by atoms with van der Waals surface area (Å²) < 4.78 is 0. The number of hydrogen-bond donors (Lipinski definition) is 0. The SMILES string of the molecule is Clc1ccc(-n2ncc(-c3cccnc3)n2)cc1Cl. The minimum atomic E-state index is 0.472. The smallest absolute Gasteiger partial charge is 0.115 e. The van der Waals surface area contributed by atoms with Crippen molar-refractivity contribution in [3.8, 4) is 16.9 Å². The van der Waals surface area contributed by atoms with Gasteiger partial charge in [-0.15, -0.1) is 5.10 Å². The molecule has 0 atom stereocenters. The summed E-state index contributed by atoms with van der Waals surface area (Å²) in [5, 5.41) is 9.57. The Morgan fingerprint density at radius 2 is 1.89 bits per heavy atom. The number of rotatable bonds is 2. The fourth-order valence-corrected chi connectivity index (χ4v) is 1.94. The third-order valence-electron chi connectivity index (χ3n) is 2.58. The van der Waals surface area contributed by atoms with E-state index < -0.39 is 0 Å². The van der Waals surface area contributed by atoms with Crippen LogP contribution in [-0.2, 0) is 0 Å². The monoisotopic (exact) mass is 290 g/mol. The zero-order valence-corrected chi connectivity index (χ0v) is 11.2. The fraction of sp³-hybridized carbons (Fsp3) is 0. The van der Waals surface area contributed by atoms with Crippen LogP contribution in [0.5, 0.6) is 0 Å². The topological polar surface area (TPSA) is 43.6 Å². The van der Waals surface area contributed by atoms with Gasteiger partial charge in [-0.3, -0.25) is 4.98 Å². The molecule has 0 saturated heterocycles. The van der Waals surface area contributed by atoms with Crippen molar-refractivity contribution in [2.75, 3.05) is 0 Å². The maximum absolute atomic E-state index is 5.98. The molecule has 1 aromatic carbocycles. The van der Waals surface area contributed by atoms with Crippen LogP contribution in [0.3, 0.4) is 0 Å². The minimum Gasteiger partial charge on any atom is -0.264 e. The highest BCUT2D eigenvalue weighted by atomic mass is 35.5. The van der Waals surface area contributed by atoms with Crippen LogP contribution < -0.4 is 0 Å². The van der Waals surface area contributed by atoms with E-state index in [-0.39, 0.29) is 0 Å². The molecule has 3 aromatic rings. The Morgan fingerprint density at radius 3 is 2.63 bits per heavy atom. The van der Waals surface area contributed by atoms with Gasteiger partial charge in [-0.1, -0.05) is 23.2 Å². The van der Waals surface area contributed by atoms with Gasteiger partial charge in [-0.05, 0) is 30.3 Å². The maximum atomic E-state index is 5.98. The zero-order valence-electron chi connectivity index (χ0n) is 9.66. The van der Waals surface area contributed by atoms with Crippen LogP contribution in [0.25, 0.3) is 16.9 Å². The molecular formula is C13H8Cl2N4. The van der Waals surface area contributed by atoms with E-state index in [2.05, 4.69) is 15.2 Å². The van der Waals surface area contributed by atoms with Gasteiger partial charge < -0.3 is 0 Å². The first kappa shape index (κ1) is 12.1. The largest absolute Gasteiger partial charge is 0.264 e. The summed E-state index contributed by atoms with van der Waals surface area (Å²) in [6, 6.07) is 9.02. The van der Waals surface area contributed by atoms with Gasteiger partial charge >= 0.3 is 0 Å². The van der Waals surface area contributed by atoms with Crippen LogP contribution in [0.1, 0.15) is 0 Å². The molecule has 19 heavy (non-hydrogen) atoms. The standard InChI is InChI=1S/C13H8Cl2N4/c14-11-4-3-10(6-12(11)15)19-17-8-13(18-19)9-2-1-5-16-7-9/h1-8H. The van der Waals surface area contributed by atoms with Crippen molar-refractivity contribution in [2.45, 2.75) is 0 Å². The predicted molar refractivity (Wildman–Crippen MR) is 74.6 cm³/mol. The summed E-state index contributed by atoms with van der Waals surface area (Å²) in [6.07, 6.45) is 5.13. The lowest BCUT2D eigenvalue weighted by Gasteiger charge is -2.01. The van der Waals surface area contributed by atoms with Gasteiger partial charge in [0.1, 0.15) is 5.69 Å². The molecule has 0 aliphatic carbocycles. The quantitative estimate of drug-likeness (QED) is 0.724. The summed E-state index contributed by atoms with van der Waals surface area (Å²) in [5.74, 6) is 0. The molecule has 94 valence electrons. The van der Waals surface area contributed by atoms with Crippen LogP contribution in [-0.4, -0.2) is 20.0 Å². The average molecular weight is 291 g/mol. The Hall–Kier alpha value is -1.91. The Kier molecular flexibility index (Phi) is 3.19. The van der Waals surface area contributed by atoms with Crippen molar-refractivity contribution in [2.24, 2.45) is 0 Å². The fourth-order valence-electron chi connectivity index (χ4n) is 1.64. The Morgan fingerprint density at radius 1 is 1.00 bits per heavy atom. The van der Waals surface area contributed by atoms with Gasteiger partial charge in [-0.25, -0.2) is 0 Å². The molecule has 2 aromatic heterocycles. The normalized spacial score (nSPS) is 10.6. The second-order valence-electron chi connectivity index (χ2n) is 3.86. The highest BCUT2D eigenvalue weighted by Crippen LogP contribution is 2.24. The van der Waals surface area contributed by atoms with E-state index in [4.69, 9.17) is 23.2 Å². The van der Waals surface area contributed by atoms with Crippen LogP contribution in [0, 0.1) is 0 Å². The van der Waals surface area contributed by atoms with E-state index in [0.717, 1.165) is 16.9 Å². The van der Waals surface area contributed by atoms with E-state index in [0.29, 0.717) is 10.0 Å². The number of halogens is 2. The Bertz CT molecular complexity index is 710. The summed E-state index contributed by atoms with van der Waals surface area (Å²) in [7, 11) is 0. The molecule has 0 aliphatic rings. The summed E-state index contributed by atoms with van der Waals surface area (Å²) in [5.41, 5.74) is 2.41. The van der Waals surface area contributed by atoms with Gasteiger partial charge in [0.2, 0.25) is 0 Å². The molecule has 0 unspecified atom stereocenters. The Labute approximate surface area is 119 Å². The van der Waals surface area contributed by atoms with Crippen molar-refractivity contribution in [1.29, 1.82) is 0 Å². The molecule has 0 bridgehead atoms. The number of hydrogen-bond acceptors (Lipinski definition) is 3. The first-order valence-electron chi connectivity index (χ1n) is 5.52. The van der Waals surface area contributed by atoms with Crippen LogP contribution in [0.2, 0.25) is 10.0 Å².